The van der Waals surface area contributed by atoms with Gasteiger partial charge >= 0.3 is 0 Å². The van der Waals surface area contributed by atoms with Crippen LogP contribution in [0.1, 0.15) is 29.3 Å². The monoisotopic (exact) mass is 304 g/mol. The number of rotatable bonds is 3. The number of thioether (sulfide) groups is 1. The second kappa shape index (κ2) is 6.10. The Balaban J connectivity index is 1.76. The van der Waals surface area contributed by atoms with E-state index < -0.39 is 0 Å². The summed E-state index contributed by atoms with van der Waals surface area (Å²) in [7, 11) is 0. The smallest absolute Gasteiger partial charge is 0.242 e. The zero-order chi connectivity index (χ0) is 14.8. The van der Waals surface area contributed by atoms with Gasteiger partial charge in [-0.15, -0.1) is 11.8 Å². The summed E-state index contributed by atoms with van der Waals surface area (Å²) >= 11 is 1.62. The number of carbonyl (C=O) groups is 2. The molecule has 21 heavy (non-hydrogen) atoms. The van der Waals surface area contributed by atoms with Crippen LogP contribution in [-0.4, -0.2) is 47.0 Å². The van der Waals surface area contributed by atoms with Crippen LogP contribution in [0.4, 0.5) is 0 Å². The maximum absolute atomic E-state index is 12.3. The molecular formula is C16H20N2O2S. The van der Waals surface area contributed by atoms with E-state index in [1.165, 1.54) is 5.56 Å². The molecule has 0 aromatic heterocycles. The molecule has 0 aliphatic carbocycles. The molecule has 0 bridgehead atoms. The van der Waals surface area contributed by atoms with E-state index in [1.54, 1.807) is 16.7 Å². The number of amides is 2. The van der Waals surface area contributed by atoms with Crippen LogP contribution >= 0.6 is 11.8 Å². The van der Waals surface area contributed by atoms with E-state index >= 15 is 0 Å². The third-order valence-electron chi connectivity index (χ3n) is 4.19. The number of likely N-dealkylation sites (tertiary alicyclic amines) is 1. The number of hydrogen-bond donors (Lipinski definition) is 0. The van der Waals surface area contributed by atoms with Crippen LogP contribution in [0.25, 0.3) is 0 Å². The second-order valence-corrected chi connectivity index (χ2v) is 6.70. The molecule has 0 saturated carbocycles. The van der Waals surface area contributed by atoms with E-state index in [0.29, 0.717) is 5.75 Å². The van der Waals surface area contributed by atoms with Gasteiger partial charge in [-0.25, -0.2) is 0 Å². The van der Waals surface area contributed by atoms with Crippen molar-refractivity contribution in [1.82, 2.24) is 9.80 Å². The van der Waals surface area contributed by atoms with Crippen LogP contribution in [0.3, 0.4) is 0 Å². The first-order chi connectivity index (χ1) is 10.2. The highest BCUT2D eigenvalue weighted by Crippen LogP contribution is 2.39. The summed E-state index contributed by atoms with van der Waals surface area (Å²) in [5.74, 6) is 0.620. The van der Waals surface area contributed by atoms with Gasteiger partial charge < -0.3 is 9.80 Å². The Labute approximate surface area is 129 Å². The largest absolute Gasteiger partial charge is 0.341 e. The average molecular weight is 304 g/mol. The Hall–Kier alpha value is -1.49. The van der Waals surface area contributed by atoms with Crippen molar-refractivity contribution in [3.8, 4) is 0 Å². The van der Waals surface area contributed by atoms with E-state index in [1.807, 2.05) is 17.0 Å². The Morgan fingerprint density at radius 3 is 2.71 bits per heavy atom. The van der Waals surface area contributed by atoms with E-state index in [-0.39, 0.29) is 23.7 Å². The molecule has 112 valence electrons. The standard InChI is InChI=1S/C16H20N2O2S/c1-12-6-2-3-7-13(12)16-18(15(20)11-21-16)10-14(19)17-8-4-5-9-17/h2-3,6-7,16H,4-5,8-11H2,1H3. The van der Waals surface area contributed by atoms with E-state index in [9.17, 15) is 9.59 Å². The molecule has 1 aromatic rings. The van der Waals surface area contributed by atoms with Crippen molar-refractivity contribution >= 4 is 23.6 Å². The molecule has 0 spiro atoms. The van der Waals surface area contributed by atoms with Crippen LogP contribution < -0.4 is 0 Å². The minimum atomic E-state index is -0.0229. The molecule has 2 saturated heterocycles. The van der Waals surface area contributed by atoms with Crippen molar-refractivity contribution in [3.05, 3.63) is 35.4 Å². The molecule has 0 N–H and O–H groups in total. The predicted octanol–water partition coefficient (Wildman–Crippen LogP) is 2.19. The summed E-state index contributed by atoms with van der Waals surface area (Å²) in [6, 6.07) is 8.10. The van der Waals surface area contributed by atoms with Gasteiger partial charge in [0.05, 0.1) is 5.75 Å². The van der Waals surface area contributed by atoms with Gasteiger partial charge in [-0.2, -0.15) is 0 Å². The molecule has 0 radical (unpaired) electrons. The van der Waals surface area contributed by atoms with Crippen LogP contribution in [-0.2, 0) is 9.59 Å². The Morgan fingerprint density at radius 1 is 1.29 bits per heavy atom. The first-order valence-electron chi connectivity index (χ1n) is 7.41. The van der Waals surface area contributed by atoms with Crippen molar-refractivity contribution in [2.45, 2.75) is 25.1 Å². The molecular weight excluding hydrogens is 284 g/mol. The van der Waals surface area contributed by atoms with Crippen molar-refractivity contribution in [2.24, 2.45) is 0 Å². The van der Waals surface area contributed by atoms with Gasteiger partial charge in [0.15, 0.2) is 0 Å². The minimum Gasteiger partial charge on any atom is -0.341 e. The van der Waals surface area contributed by atoms with Gasteiger partial charge in [-0.1, -0.05) is 24.3 Å². The van der Waals surface area contributed by atoms with E-state index in [4.69, 9.17) is 0 Å². The highest BCUT2D eigenvalue weighted by Gasteiger charge is 2.35. The lowest BCUT2D eigenvalue weighted by Gasteiger charge is -2.27. The summed E-state index contributed by atoms with van der Waals surface area (Å²) in [6.45, 7) is 3.94. The number of carbonyl (C=O) groups excluding carboxylic acids is 2. The Bertz CT molecular complexity index is 555. The van der Waals surface area contributed by atoms with Crippen LogP contribution in [0.5, 0.6) is 0 Å². The van der Waals surface area contributed by atoms with Crippen molar-refractivity contribution in [2.75, 3.05) is 25.4 Å². The van der Waals surface area contributed by atoms with E-state index in [2.05, 4.69) is 19.1 Å². The molecule has 1 atom stereocenters. The summed E-state index contributed by atoms with van der Waals surface area (Å²) in [6.07, 6.45) is 2.16. The first-order valence-corrected chi connectivity index (χ1v) is 8.46. The molecule has 1 unspecified atom stereocenters. The molecule has 2 amide bonds. The fourth-order valence-corrected chi connectivity index (χ4v) is 4.24. The number of benzene rings is 1. The second-order valence-electron chi connectivity index (χ2n) is 5.63. The van der Waals surface area contributed by atoms with E-state index in [0.717, 1.165) is 31.5 Å². The Kier molecular flexibility index (Phi) is 4.19. The lowest BCUT2D eigenvalue weighted by Crippen LogP contribution is -2.40. The van der Waals surface area contributed by atoms with Gasteiger partial charge in [-0.05, 0) is 30.9 Å². The topological polar surface area (TPSA) is 40.6 Å². The highest BCUT2D eigenvalue weighted by atomic mass is 32.2. The van der Waals surface area contributed by atoms with Crippen LogP contribution in [0.15, 0.2) is 24.3 Å². The summed E-state index contributed by atoms with van der Waals surface area (Å²) < 4.78 is 0. The molecule has 2 fully saturated rings. The lowest BCUT2D eigenvalue weighted by molar-refractivity contribution is -0.138. The molecule has 4 nitrogen and oxygen atoms in total. The quantitative estimate of drug-likeness (QED) is 0.859. The summed E-state index contributed by atoms with van der Waals surface area (Å²) in [4.78, 5) is 28.1. The zero-order valence-electron chi connectivity index (χ0n) is 12.2. The molecule has 2 aliphatic heterocycles. The number of nitrogens with zero attached hydrogens (tertiary/aromatic N) is 2. The van der Waals surface area contributed by atoms with Gasteiger partial charge in [0, 0.05) is 13.1 Å². The van der Waals surface area contributed by atoms with Crippen molar-refractivity contribution in [1.29, 1.82) is 0 Å². The maximum atomic E-state index is 12.3. The first kappa shape index (κ1) is 14.4. The third-order valence-corrected chi connectivity index (χ3v) is 5.42. The lowest BCUT2D eigenvalue weighted by atomic mass is 10.1. The van der Waals surface area contributed by atoms with Crippen molar-refractivity contribution < 1.29 is 9.59 Å². The number of aryl methyl sites for hydroxylation is 1. The van der Waals surface area contributed by atoms with Crippen LogP contribution in [0, 0.1) is 6.92 Å². The van der Waals surface area contributed by atoms with Crippen LogP contribution in [0.2, 0.25) is 0 Å². The molecule has 5 heteroatoms. The maximum Gasteiger partial charge on any atom is 0.242 e. The molecule has 2 heterocycles. The van der Waals surface area contributed by atoms with Gasteiger partial charge in [0.1, 0.15) is 11.9 Å². The fraction of sp³-hybridized carbons (Fsp3) is 0.500. The third kappa shape index (κ3) is 2.93. The van der Waals surface area contributed by atoms with Gasteiger partial charge in [0.25, 0.3) is 0 Å². The summed E-state index contributed by atoms with van der Waals surface area (Å²) in [5, 5.41) is -0.0229. The van der Waals surface area contributed by atoms with Crippen molar-refractivity contribution in [3.63, 3.8) is 0 Å². The predicted molar refractivity (Wildman–Crippen MR) is 83.9 cm³/mol. The normalized spacial score (nSPS) is 22.1. The average Bonchev–Trinajstić information content (AvgIpc) is 3.11. The van der Waals surface area contributed by atoms with Gasteiger partial charge in [-0.3, -0.25) is 9.59 Å². The SMILES string of the molecule is Cc1ccccc1C1SCC(=O)N1CC(=O)N1CCCC1. The summed E-state index contributed by atoms with van der Waals surface area (Å²) in [5.41, 5.74) is 2.31. The Morgan fingerprint density at radius 2 is 2.00 bits per heavy atom. The zero-order valence-corrected chi connectivity index (χ0v) is 13.1. The molecule has 2 aliphatic rings. The molecule has 3 rings (SSSR count). The van der Waals surface area contributed by atoms with Gasteiger partial charge in [0.2, 0.25) is 11.8 Å². The fourth-order valence-electron chi connectivity index (χ4n) is 2.96. The minimum absolute atomic E-state index is 0.0229. The number of hydrogen-bond acceptors (Lipinski definition) is 3. The highest BCUT2D eigenvalue weighted by molar-refractivity contribution is 8.00. The molecule has 1 aromatic carbocycles.